The summed E-state index contributed by atoms with van der Waals surface area (Å²) in [6.07, 6.45) is 6.99. The number of nitrogen functional groups attached to an aromatic ring is 1. The molecular weight excluding hydrogens is 336 g/mol. The molecule has 4 nitrogen and oxygen atoms in total. The van der Waals surface area contributed by atoms with Gasteiger partial charge in [-0.25, -0.2) is 0 Å². The van der Waals surface area contributed by atoms with E-state index in [0.29, 0.717) is 28.2 Å². The zero-order valence-corrected chi connectivity index (χ0v) is 16.2. The number of hydrogen-bond acceptors (Lipinski definition) is 3. The largest absolute Gasteiger partial charge is 0.495 e. The van der Waals surface area contributed by atoms with Crippen LogP contribution in [0.4, 0.5) is 11.4 Å². The fraction of sp³-hybridized carbons (Fsp3) is 0.650. The Morgan fingerprint density at radius 3 is 2.32 bits per heavy atom. The normalized spacial score (nSPS) is 38.1. The van der Waals surface area contributed by atoms with Crippen molar-refractivity contribution in [3.05, 3.63) is 18.2 Å². The van der Waals surface area contributed by atoms with Crippen molar-refractivity contribution >= 4 is 29.7 Å². The van der Waals surface area contributed by atoms with Crippen LogP contribution in [0.3, 0.4) is 0 Å². The zero-order valence-electron chi connectivity index (χ0n) is 15.4. The maximum Gasteiger partial charge on any atom is 0.230 e. The van der Waals surface area contributed by atoms with Crippen LogP contribution in [0.25, 0.3) is 0 Å². The van der Waals surface area contributed by atoms with Gasteiger partial charge in [0.05, 0.1) is 18.2 Å². The number of nitrogens with two attached hydrogens (primary N) is 1. The van der Waals surface area contributed by atoms with Crippen molar-refractivity contribution in [2.24, 2.45) is 22.2 Å². The molecule has 4 saturated carbocycles. The summed E-state index contributed by atoms with van der Waals surface area (Å²) in [6.45, 7) is 4.78. The minimum atomic E-state index is -0.197. The van der Waals surface area contributed by atoms with Gasteiger partial charge in [0, 0.05) is 5.69 Å². The molecule has 4 aliphatic rings. The number of nitrogens with one attached hydrogen (secondary N) is 1. The molecule has 4 bridgehead atoms. The summed E-state index contributed by atoms with van der Waals surface area (Å²) in [7, 11) is 1.60. The molecule has 3 N–H and O–H groups in total. The predicted octanol–water partition coefficient (Wildman–Crippen LogP) is 4.63. The van der Waals surface area contributed by atoms with Crippen molar-refractivity contribution in [2.75, 3.05) is 18.2 Å². The SMILES string of the molecule is COc1ccc(NC(=O)C23CC4CC(C)(CC(C)(C4)C2)C3)cc1N.Cl. The van der Waals surface area contributed by atoms with Crippen LogP contribution in [0.2, 0.25) is 0 Å². The molecule has 5 heteroatoms. The van der Waals surface area contributed by atoms with Gasteiger partial charge in [0.1, 0.15) is 5.75 Å². The fourth-order valence-corrected chi connectivity index (χ4v) is 6.78. The number of amides is 1. The fourth-order valence-electron chi connectivity index (χ4n) is 6.78. The van der Waals surface area contributed by atoms with Crippen molar-refractivity contribution < 1.29 is 9.53 Å². The van der Waals surface area contributed by atoms with Gasteiger partial charge in [-0.3, -0.25) is 4.79 Å². The second-order valence-corrected chi connectivity index (χ2v) is 9.32. The first-order valence-electron chi connectivity index (χ1n) is 9.00. The van der Waals surface area contributed by atoms with E-state index in [0.717, 1.165) is 24.9 Å². The molecule has 0 spiro atoms. The molecule has 0 aromatic heterocycles. The van der Waals surface area contributed by atoms with Crippen molar-refractivity contribution in [2.45, 2.75) is 52.4 Å². The van der Waals surface area contributed by atoms with Gasteiger partial charge >= 0.3 is 0 Å². The van der Waals surface area contributed by atoms with Gasteiger partial charge in [0.15, 0.2) is 0 Å². The Hall–Kier alpha value is -1.42. The van der Waals surface area contributed by atoms with Crippen LogP contribution >= 0.6 is 12.4 Å². The standard InChI is InChI=1S/C20H28N2O2.ClH/c1-18-7-13-8-19(2,10-18)12-20(9-13,11-18)17(23)22-14-4-5-16(24-3)15(21)6-14;/h4-6,13H,7-12,21H2,1-3H3,(H,22,23);1H. The summed E-state index contributed by atoms with van der Waals surface area (Å²) < 4.78 is 5.19. The highest BCUT2D eigenvalue weighted by Crippen LogP contribution is 2.69. The van der Waals surface area contributed by atoms with Crippen molar-refractivity contribution in [1.82, 2.24) is 0 Å². The zero-order chi connectivity index (χ0) is 17.2. The van der Waals surface area contributed by atoms with Crippen LogP contribution in [0.1, 0.15) is 52.4 Å². The molecule has 5 rings (SSSR count). The molecule has 25 heavy (non-hydrogen) atoms. The minimum Gasteiger partial charge on any atom is -0.495 e. The first-order valence-corrected chi connectivity index (χ1v) is 9.00. The van der Waals surface area contributed by atoms with Gasteiger partial charge in [0.2, 0.25) is 5.91 Å². The monoisotopic (exact) mass is 364 g/mol. The van der Waals surface area contributed by atoms with Crippen LogP contribution in [-0.4, -0.2) is 13.0 Å². The molecule has 0 saturated heterocycles. The molecule has 2 unspecified atom stereocenters. The second kappa shape index (κ2) is 5.80. The number of anilines is 2. The van der Waals surface area contributed by atoms with E-state index < -0.39 is 0 Å². The lowest BCUT2D eigenvalue weighted by atomic mass is 9.40. The number of benzene rings is 1. The van der Waals surface area contributed by atoms with Crippen LogP contribution in [0, 0.1) is 22.2 Å². The summed E-state index contributed by atoms with van der Waals surface area (Å²) in [6, 6.07) is 5.48. The number of carbonyl (C=O) groups excluding carboxylic acids is 1. The Morgan fingerprint density at radius 1 is 1.16 bits per heavy atom. The van der Waals surface area contributed by atoms with E-state index in [4.69, 9.17) is 10.5 Å². The van der Waals surface area contributed by atoms with Crippen LogP contribution in [0.15, 0.2) is 18.2 Å². The predicted molar refractivity (Wildman–Crippen MR) is 103 cm³/mol. The van der Waals surface area contributed by atoms with Gasteiger partial charge < -0.3 is 15.8 Å². The Bertz CT molecular complexity index is 687. The molecular formula is C20H29ClN2O2. The van der Waals surface area contributed by atoms with Gasteiger partial charge in [-0.15, -0.1) is 12.4 Å². The molecule has 0 radical (unpaired) electrons. The Morgan fingerprint density at radius 2 is 1.80 bits per heavy atom. The highest BCUT2D eigenvalue weighted by molar-refractivity contribution is 5.96. The molecule has 0 heterocycles. The lowest BCUT2D eigenvalue weighted by molar-refractivity contribution is -0.165. The van der Waals surface area contributed by atoms with Gasteiger partial charge in [-0.2, -0.15) is 0 Å². The van der Waals surface area contributed by atoms with Crippen molar-refractivity contribution in [1.29, 1.82) is 0 Å². The lowest BCUT2D eigenvalue weighted by Gasteiger charge is -2.64. The summed E-state index contributed by atoms with van der Waals surface area (Å²) in [5.74, 6) is 1.54. The lowest BCUT2D eigenvalue weighted by Crippen LogP contribution is -2.58. The number of halogens is 1. The maximum absolute atomic E-state index is 13.2. The Labute approximate surface area is 156 Å². The second-order valence-electron chi connectivity index (χ2n) is 9.32. The third-order valence-corrected chi connectivity index (χ3v) is 6.60. The molecule has 1 aromatic rings. The van der Waals surface area contributed by atoms with Crippen LogP contribution in [0.5, 0.6) is 5.75 Å². The summed E-state index contributed by atoms with van der Waals surface area (Å²) in [5.41, 5.74) is 7.78. The quantitative estimate of drug-likeness (QED) is 0.768. The topological polar surface area (TPSA) is 64.3 Å². The third-order valence-electron chi connectivity index (χ3n) is 6.60. The number of ether oxygens (including phenoxy) is 1. The maximum atomic E-state index is 13.2. The molecule has 0 aliphatic heterocycles. The van der Waals surface area contributed by atoms with E-state index in [9.17, 15) is 4.79 Å². The average molecular weight is 365 g/mol. The van der Waals surface area contributed by atoms with Gasteiger partial charge in [-0.1, -0.05) is 13.8 Å². The van der Waals surface area contributed by atoms with Crippen molar-refractivity contribution in [3.63, 3.8) is 0 Å². The highest BCUT2D eigenvalue weighted by atomic mass is 35.5. The number of methoxy groups -OCH3 is 1. The number of hydrogen-bond donors (Lipinski definition) is 2. The molecule has 138 valence electrons. The Kier molecular flexibility index (Phi) is 4.26. The number of carbonyl (C=O) groups is 1. The first-order chi connectivity index (χ1) is 11.2. The van der Waals surface area contributed by atoms with Gasteiger partial charge in [-0.05, 0) is 73.5 Å². The van der Waals surface area contributed by atoms with Crippen LogP contribution < -0.4 is 15.8 Å². The molecule has 4 aliphatic carbocycles. The molecule has 4 fully saturated rings. The molecule has 1 amide bonds. The van der Waals surface area contributed by atoms with E-state index in [1.54, 1.807) is 13.2 Å². The number of rotatable bonds is 3. The summed E-state index contributed by atoms with van der Waals surface area (Å²) in [5, 5.41) is 3.15. The highest BCUT2D eigenvalue weighted by Gasteiger charge is 2.62. The first kappa shape index (κ1) is 18.4. The van der Waals surface area contributed by atoms with E-state index in [2.05, 4.69) is 19.2 Å². The average Bonchev–Trinajstić information content (AvgIpc) is 2.43. The third kappa shape index (κ3) is 2.99. The summed E-state index contributed by atoms with van der Waals surface area (Å²) >= 11 is 0. The summed E-state index contributed by atoms with van der Waals surface area (Å²) in [4.78, 5) is 13.2. The van der Waals surface area contributed by atoms with E-state index in [1.165, 1.54) is 19.3 Å². The van der Waals surface area contributed by atoms with E-state index >= 15 is 0 Å². The smallest absolute Gasteiger partial charge is 0.230 e. The van der Waals surface area contributed by atoms with Crippen LogP contribution in [-0.2, 0) is 4.79 Å². The van der Waals surface area contributed by atoms with E-state index in [1.807, 2.05) is 12.1 Å². The molecule has 2 atom stereocenters. The van der Waals surface area contributed by atoms with Crippen molar-refractivity contribution in [3.8, 4) is 5.75 Å². The van der Waals surface area contributed by atoms with E-state index in [-0.39, 0.29) is 23.7 Å². The Balaban J connectivity index is 0.00000182. The minimum absolute atomic E-state index is 0. The van der Waals surface area contributed by atoms with Gasteiger partial charge in [0.25, 0.3) is 0 Å². The molecule has 1 aromatic carbocycles.